The molecule has 0 aliphatic heterocycles. The summed E-state index contributed by atoms with van der Waals surface area (Å²) in [7, 11) is 0. The number of amides is 1. The lowest BCUT2D eigenvalue weighted by Crippen LogP contribution is -2.18. The summed E-state index contributed by atoms with van der Waals surface area (Å²) in [6.45, 7) is 0.311. The quantitative estimate of drug-likeness (QED) is 0.394. The summed E-state index contributed by atoms with van der Waals surface area (Å²) >= 11 is 0. The van der Waals surface area contributed by atoms with E-state index >= 15 is 0 Å². The molecular weight excluding hydrogens is 352 g/mol. The number of hydrogen-bond acceptors (Lipinski definition) is 5. The maximum Gasteiger partial charge on any atom is 0.273 e. The number of nitrogens with one attached hydrogen (secondary N) is 1. The number of ether oxygens (including phenoxy) is 1. The molecule has 0 fully saturated rings. The van der Waals surface area contributed by atoms with Crippen LogP contribution in [0.4, 0.5) is 5.69 Å². The topological polar surface area (TPSA) is 100 Å². The maximum absolute atomic E-state index is 12.0. The molecule has 3 N–H and O–H groups in total. The van der Waals surface area contributed by atoms with Crippen LogP contribution in [-0.2, 0) is 6.61 Å². The van der Waals surface area contributed by atoms with E-state index < -0.39 is 0 Å². The van der Waals surface area contributed by atoms with E-state index in [9.17, 15) is 4.79 Å². The molecule has 0 bridgehead atoms. The molecule has 0 aliphatic carbocycles. The van der Waals surface area contributed by atoms with Gasteiger partial charge in [0.1, 0.15) is 12.4 Å². The SMILES string of the molecule is N#Cc1ccccc1COc1ccc(/C=N/NC(=O)c2ccccc2N)cc1. The van der Waals surface area contributed by atoms with Gasteiger partial charge in [-0.15, -0.1) is 0 Å². The Morgan fingerprint density at radius 3 is 2.54 bits per heavy atom. The fourth-order valence-electron chi connectivity index (χ4n) is 2.50. The third kappa shape index (κ3) is 4.74. The Hall–Kier alpha value is -4.11. The number of anilines is 1. The highest BCUT2D eigenvalue weighted by Crippen LogP contribution is 2.15. The van der Waals surface area contributed by atoms with E-state index in [0.29, 0.717) is 29.2 Å². The van der Waals surface area contributed by atoms with E-state index in [1.54, 1.807) is 42.5 Å². The smallest absolute Gasteiger partial charge is 0.273 e. The summed E-state index contributed by atoms with van der Waals surface area (Å²) in [6.07, 6.45) is 1.53. The van der Waals surface area contributed by atoms with Gasteiger partial charge in [0.05, 0.1) is 23.4 Å². The molecule has 3 rings (SSSR count). The molecule has 3 aromatic rings. The van der Waals surface area contributed by atoms with Crippen molar-refractivity contribution in [3.63, 3.8) is 0 Å². The van der Waals surface area contributed by atoms with E-state index in [0.717, 1.165) is 11.1 Å². The Kier molecular flexibility index (Phi) is 6.01. The second-order valence-corrected chi connectivity index (χ2v) is 5.91. The van der Waals surface area contributed by atoms with Gasteiger partial charge >= 0.3 is 0 Å². The molecule has 0 atom stereocenters. The number of carbonyl (C=O) groups excluding carboxylic acids is 1. The Morgan fingerprint density at radius 1 is 1.07 bits per heavy atom. The fourth-order valence-corrected chi connectivity index (χ4v) is 2.50. The average molecular weight is 370 g/mol. The molecule has 1 amide bonds. The van der Waals surface area contributed by atoms with Gasteiger partial charge in [0, 0.05) is 11.3 Å². The predicted octanol–water partition coefficient (Wildman–Crippen LogP) is 3.48. The van der Waals surface area contributed by atoms with E-state index in [1.165, 1.54) is 6.21 Å². The first-order valence-electron chi connectivity index (χ1n) is 8.56. The van der Waals surface area contributed by atoms with Gasteiger partial charge in [-0.25, -0.2) is 5.43 Å². The summed E-state index contributed by atoms with van der Waals surface area (Å²) in [5.41, 5.74) is 11.2. The van der Waals surface area contributed by atoms with Gasteiger partial charge < -0.3 is 10.5 Å². The van der Waals surface area contributed by atoms with Crippen molar-refractivity contribution >= 4 is 17.8 Å². The normalized spacial score (nSPS) is 10.4. The number of carbonyl (C=O) groups is 1. The van der Waals surface area contributed by atoms with Crippen LogP contribution < -0.4 is 15.9 Å². The van der Waals surface area contributed by atoms with Crippen molar-refractivity contribution in [2.24, 2.45) is 5.10 Å². The largest absolute Gasteiger partial charge is 0.489 e. The van der Waals surface area contributed by atoms with Crippen LogP contribution in [0, 0.1) is 11.3 Å². The van der Waals surface area contributed by atoms with Crippen LogP contribution in [0.15, 0.2) is 77.9 Å². The number of nitriles is 1. The highest BCUT2D eigenvalue weighted by Gasteiger charge is 2.07. The second kappa shape index (κ2) is 9.01. The highest BCUT2D eigenvalue weighted by molar-refractivity contribution is 5.99. The van der Waals surface area contributed by atoms with Crippen LogP contribution in [0.5, 0.6) is 5.75 Å². The Balaban J connectivity index is 1.56. The van der Waals surface area contributed by atoms with Crippen molar-refractivity contribution in [2.75, 3.05) is 5.73 Å². The zero-order chi connectivity index (χ0) is 19.8. The van der Waals surface area contributed by atoms with Crippen molar-refractivity contribution < 1.29 is 9.53 Å². The molecule has 6 nitrogen and oxygen atoms in total. The van der Waals surface area contributed by atoms with Gasteiger partial charge in [-0.1, -0.05) is 30.3 Å². The van der Waals surface area contributed by atoms with E-state index in [1.807, 2.05) is 30.3 Å². The molecule has 138 valence electrons. The molecule has 0 heterocycles. The van der Waals surface area contributed by atoms with Gasteiger partial charge in [-0.05, 0) is 48.0 Å². The highest BCUT2D eigenvalue weighted by atomic mass is 16.5. The first-order valence-corrected chi connectivity index (χ1v) is 8.56. The van der Waals surface area contributed by atoms with E-state index in [2.05, 4.69) is 16.6 Å². The number of nitrogen functional groups attached to an aromatic ring is 1. The zero-order valence-electron chi connectivity index (χ0n) is 15.0. The van der Waals surface area contributed by atoms with E-state index in [-0.39, 0.29) is 5.91 Å². The summed E-state index contributed by atoms with van der Waals surface area (Å²) in [4.78, 5) is 12.0. The minimum absolute atomic E-state index is 0.311. The molecule has 0 radical (unpaired) electrons. The van der Waals surface area contributed by atoms with Crippen LogP contribution >= 0.6 is 0 Å². The fraction of sp³-hybridized carbons (Fsp3) is 0.0455. The molecule has 0 spiro atoms. The number of hydrogen-bond donors (Lipinski definition) is 2. The molecule has 28 heavy (non-hydrogen) atoms. The molecule has 3 aromatic carbocycles. The van der Waals surface area contributed by atoms with Crippen molar-refractivity contribution in [1.82, 2.24) is 5.43 Å². The Bertz CT molecular complexity index is 1040. The lowest BCUT2D eigenvalue weighted by molar-refractivity contribution is 0.0956. The maximum atomic E-state index is 12.0. The van der Waals surface area contributed by atoms with Crippen molar-refractivity contribution in [3.8, 4) is 11.8 Å². The summed E-state index contributed by atoms with van der Waals surface area (Å²) < 4.78 is 5.72. The number of para-hydroxylation sites is 1. The van der Waals surface area contributed by atoms with Crippen LogP contribution in [0.3, 0.4) is 0 Å². The van der Waals surface area contributed by atoms with Crippen molar-refractivity contribution in [1.29, 1.82) is 5.26 Å². The second-order valence-electron chi connectivity index (χ2n) is 5.91. The molecule has 0 aliphatic rings. The zero-order valence-corrected chi connectivity index (χ0v) is 15.0. The molecule has 6 heteroatoms. The predicted molar refractivity (Wildman–Crippen MR) is 108 cm³/mol. The van der Waals surface area contributed by atoms with Crippen molar-refractivity contribution in [2.45, 2.75) is 6.61 Å². The lowest BCUT2D eigenvalue weighted by Gasteiger charge is -2.07. The summed E-state index contributed by atoms with van der Waals surface area (Å²) in [5.74, 6) is 0.302. The first-order chi connectivity index (χ1) is 13.7. The third-order valence-corrected chi connectivity index (χ3v) is 4.00. The van der Waals surface area contributed by atoms with Crippen LogP contribution in [0.2, 0.25) is 0 Å². The number of benzene rings is 3. The van der Waals surface area contributed by atoms with Gasteiger partial charge in [-0.2, -0.15) is 10.4 Å². The Morgan fingerprint density at radius 2 is 1.79 bits per heavy atom. The third-order valence-electron chi connectivity index (χ3n) is 4.00. The van der Waals surface area contributed by atoms with Gasteiger partial charge in [0.25, 0.3) is 5.91 Å². The summed E-state index contributed by atoms with van der Waals surface area (Å²) in [6, 6.07) is 23.5. The minimum Gasteiger partial charge on any atom is -0.489 e. The standard InChI is InChI=1S/C22H18N4O2/c23-13-17-5-1-2-6-18(17)15-28-19-11-9-16(10-12-19)14-25-26-22(27)20-7-3-4-8-21(20)24/h1-12,14H,15,24H2,(H,26,27)/b25-14+. The molecule has 0 aromatic heterocycles. The Labute approximate surface area is 162 Å². The van der Waals surface area contributed by atoms with Gasteiger partial charge in [-0.3, -0.25) is 4.79 Å². The monoisotopic (exact) mass is 370 g/mol. The molecule has 0 saturated heterocycles. The first kappa shape index (κ1) is 18.7. The van der Waals surface area contributed by atoms with Crippen molar-refractivity contribution in [3.05, 3.63) is 95.1 Å². The van der Waals surface area contributed by atoms with Gasteiger partial charge in [0.15, 0.2) is 0 Å². The van der Waals surface area contributed by atoms with Crippen LogP contribution in [-0.4, -0.2) is 12.1 Å². The lowest BCUT2D eigenvalue weighted by atomic mass is 10.1. The minimum atomic E-state index is -0.370. The van der Waals surface area contributed by atoms with Crippen LogP contribution in [0.1, 0.15) is 27.0 Å². The van der Waals surface area contributed by atoms with Crippen LogP contribution in [0.25, 0.3) is 0 Å². The molecular formula is C22H18N4O2. The average Bonchev–Trinajstić information content (AvgIpc) is 2.73. The molecule has 0 saturated carbocycles. The number of hydrazone groups is 1. The number of nitrogens with zero attached hydrogens (tertiary/aromatic N) is 2. The van der Waals surface area contributed by atoms with E-state index in [4.69, 9.17) is 15.7 Å². The number of nitrogens with two attached hydrogens (primary N) is 1. The summed E-state index contributed by atoms with van der Waals surface area (Å²) in [5, 5.41) is 13.1. The number of rotatable bonds is 6. The van der Waals surface area contributed by atoms with Gasteiger partial charge in [0.2, 0.25) is 0 Å². The molecule has 0 unspecified atom stereocenters.